The van der Waals surface area contributed by atoms with E-state index in [-0.39, 0.29) is 24.1 Å². The molecule has 0 radical (unpaired) electrons. The minimum atomic E-state index is -0.224. The molecule has 3 rings (SSSR count). The number of imidazole rings is 1. The summed E-state index contributed by atoms with van der Waals surface area (Å²) in [6.45, 7) is 9.78. The van der Waals surface area contributed by atoms with Gasteiger partial charge in [-0.25, -0.2) is 9.37 Å². The summed E-state index contributed by atoms with van der Waals surface area (Å²) < 4.78 is 15.5. The molecule has 0 saturated heterocycles. The molecule has 5 nitrogen and oxygen atoms in total. The van der Waals surface area contributed by atoms with Crippen LogP contribution in [0.4, 0.5) is 15.8 Å². The van der Waals surface area contributed by atoms with Gasteiger partial charge in [-0.2, -0.15) is 0 Å². The van der Waals surface area contributed by atoms with E-state index in [9.17, 15) is 9.18 Å². The Morgan fingerprint density at radius 2 is 1.78 bits per heavy atom. The number of carbonyl (C=O) groups excluding carboxylic acids is 1. The molecule has 0 unspecified atom stereocenters. The first-order valence-corrected chi connectivity index (χ1v) is 8.52. The molecule has 1 amide bonds. The van der Waals surface area contributed by atoms with E-state index in [0.717, 1.165) is 39.4 Å². The van der Waals surface area contributed by atoms with Crippen molar-refractivity contribution in [1.29, 1.82) is 0 Å². The number of nitrogens with zero attached hydrogens (tertiary/aromatic N) is 2. The Hall–Kier alpha value is -2.60. The van der Waals surface area contributed by atoms with Gasteiger partial charge in [0.15, 0.2) is 5.65 Å². The van der Waals surface area contributed by atoms with E-state index in [2.05, 4.69) is 15.6 Å². The molecule has 7 heteroatoms. The first kappa shape index (κ1) is 20.7. The smallest absolute Gasteiger partial charge is 0.221 e. The maximum atomic E-state index is 13.5. The molecule has 0 bridgehead atoms. The van der Waals surface area contributed by atoms with E-state index in [1.165, 1.54) is 19.1 Å². The second kappa shape index (κ2) is 7.96. The Balaban J connectivity index is 0.00000261. The summed E-state index contributed by atoms with van der Waals surface area (Å²) >= 11 is 0. The monoisotopic (exact) mass is 390 g/mol. The van der Waals surface area contributed by atoms with Crippen molar-refractivity contribution < 1.29 is 9.18 Å². The van der Waals surface area contributed by atoms with Crippen LogP contribution in [0.25, 0.3) is 5.65 Å². The maximum absolute atomic E-state index is 13.5. The van der Waals surface area contributed by atoms with Crippen LogP contribution >= 0.6 is 12.4 Å². The highest BCUT2D eigenvalue weighted by atomic mass is 35.5. The lowest BCUT2D eigenvalue weighted by atomic mass is 10.0. The van der Waals surface area contributed by atoms with Gasteiger partial charge in [-0.15, -0.1) is 12.4 Å². The molecular formula is C20H24ClFN4O. The highest BCUT2D eigenvalue weighted by Gasteiger charge is 2.13. The maximum Gasteiger partial charge on any atom is 0.221 e. The highest BCUT2D eigenvalue weighted by Crippen LogP contribution is 2.26. The first-order valence-electron chi connectivity index (χ1n) is 8.52. The average molecular weight is 391 g/mol. The lowest BCUT2D eigenvalue weighted by molar-refractivity contribution is -0.114. The van der Waals surface area contributed by atoms with E-state index < -0.39 is 0 Å². The molecule has 2 heterocycles. The molecule has 0 aliphatic heterocycles. The molecule has 0 aliphatic rings. The molecule has 0 atom stereocenters. The van der Waals surface area contributed by atoms with E-state index in [4.69, 9.17) is 0 Å². The van der Waals surface area contributed by atoms with Gasteiger partial charge in [-0.05, 0) is 62.6 Å². The van der Waals surface area contributed by atoms with Crippen LogP contribution in [-0.2, 0) is 11.3 Å². The van der Waals surface area contributed by atoms with Crippen LogP contribution in [-0.4, -0.2) is 15.3 Å². The van der Waals surface area contributed by atoms with Gasteiger partial charge in [0.25, 0.3) is 0 Å². The van der Waals surface area contributed by atoms with Gasteiger partial charge < -0.3 is 15.0 Å². The largest absolute Gasteiger partial charge is 0.378 e. The minimum Gasteiger partial charge on any atom is -0.378 e. The molecule has 2 N–H and O–H groups in total. The standard InChI is InChI=1S/C20H23FN4O.ClH/c1-11-6-16(21)7-12(2)18(11)9-22-19-8-17(24-15(5)26)10-25-14(4)13(3)23-20(19)25;/h6-8,10,22H,9H2,1-5H3,(H,24,26);1H. The molecule has 144 valence electrons. The first-order chi connectivity index (χ1) is 12.3. The van der Waals surface area contributed by atoms with E-state index in [1.54, 1.807) is 0 Å². The molecule has 0 aliphatic carbocycles. The molecule has 0 fully saturated rings. The number of hydrogen-bond acceptors (Lipinski definition) is 3. The summed E-state index contributed by atoms with van der Waals surface area (Å²) in [5.74, 6) is -0.353. The summed E-state index contributed by atoms with van der Waals surface area (Å²) in [6, 6.07) is 4.95. The fourth-order valence-corrected chi connectivity index (χ4v) is 3.18. The summed E-state index contributed by atoms with van der Waals surface area (Å²) in [4.78, 5) is 16.1. The van der Waals surface area contributed by atoms with Crippen molar-refractivity contribution in [1.82, 2.24) is 9.38 Å². The zero-order valence-electron chi connectivity index (χ0n) is 16.1. The van der Waals surface area contributed by atoms with Crippen molar-refractivity contribution in [3.05, 3.63) is 58.3 Å². The summed E-state index contributed by atoms with van der Waals surface area (Å²) in [5.41, 5.74) is 7.11. The van der Waals surface area contributed by atoms with Crippen LogP contribution < -0.4 is 10.6 Å². The van der Waals surface area contributed by atoms with E-state index >= 15 is 0 Å². The van der Waals surface area contributed by atoms with Crippen molar-refractivity contribution in [2.24, 2.45) is 0 Å². The Morgan fingerprint density at radius 1 is 1.15 bits per heavy atom. The quantitative estimate of drug-likeness (QED) is 0.678. The second-order valence-corrected chi connectivity index (χ2v) is 6.67. The number of rotatable bonds is 4. The number of amides is 1. The molecule has 1 aromatic carbocycles. The predicted molar refractivity (Wildman–Crippen MR) is 109 cm³/mol. The number of anilines is 2. The Kier molecular flexibility index (Phi) is 6.11. The molecule has 3 aromatic rings. The third kappa shape index (κ3) is 4.22. The number of nitrogens with one attached hydrogen (secondary N) is 2. The van der Waals surface area contributed by atoms with Crippen LogP contribution in [0.5, 0.6) is 0 Å². The average Bonchev–Trinajstić information content (AvgIpc) is 2.81. The fraction of sp³-hybridized carbons (Fsp3) is 0.300. The van der Waals surface area contributed by atoms with E-state index in [0.29, 0.717) is 12.2 Å². The third-order valence-electron chi connectivity index (χ3n) is 4.63. The predicted octanol–water partition coefficient (Wildman–Crippen LogP) is 4.70. The minimum absolute atomic E-state index is 0. The Morgan fingerprint density at radius 3 is 2.37 bits per heavy atom. The zero-order valence-corrected chi connectivity index (χ0v) is 16.9. The van der Waals surface area contributed by atoms with E-state index in [1.807, 2.05) is 44.4 Å². The fourth-order valence-electron chi connectivity index (χ4n) is 3.18. The van der Waals surface area contributed by atoms with Gasteiger partial charge in [0.2, 0.25) is 5.91 Å². The molecular weight excluding hydrogens is 367 g/mol. The van der Waals surface area contributed by atoms with Crippen molar-refractivity contribution in [3.8, 4) is 0 Å². The number of benzene rings is 1. The summed E-state index contributed by atoms with van der Waals surface area (Å²) in [7, 11) is 0. The number of aromatic nitrogens is 2. The van der Waals surface area contributed by atoms with Gasteiger partial charge >= 0.3 is 0 Å². The third-order valence-corrected chi connectivity index (χ3v) is 4.63. The number of aryl methyl sites for hydroxylation is 4. The van der Waals surface area contributed by atoms with Crippen molar-refractivity contribution in [2.75, 3.05) is 10.6 Å². The highest BCUT2D eigenvalue weighted by molar-refractivity contribution is 5.90. The van der Waals surface area contributed by atoms with Crippen LogP contribution in [0, 0.1) is 33.5 Å². The van der Waals surface area contributed by atoms with Gasteiger partial charge in [-0.1, -0.05) is 0 Å². The summed E-state index contributed by atoms with van der Waals surface area (Å²) in [6.07, 6.45) is 1.87. The van der Waals surface area contributed by atoms with Crippen molar-refractivity contribution in [2.45, 2.75) is 41.2 Å². The van der Waals surface area contributed by atoms with Gasteiger partial charge in [0, 0.05) is 25.4 Å². The van der Waals surface area contributed by atoms with Gasteiger partial charge in [0.05, 0.1) is 17.1 Å². The lowest BCUT2D eigenvalue weighted by Gasteiger charge is -2.14. The number of pyridine rings is 1. The van der Waals surface area contributed by atoms with Crippen molar-refractivity contribution >= 4 is 35.3 Å². The van der Waals surface area contributed by atoms with Crippen LogP contribution in [0.3, 0.4) is 0 Å². The zero-order chi connectivity index (χ0) is 19.0. The normalized spacial score (nSPS) is 10.6. The summed E-state index contributed by atoms with van der Waals surface area (Å²) in [5, 5.41) is 6.23. The molecule has 2 aromatic heterocycles. The number of fused-ring (bicyclic) bond motifs is 1. The second-order valence-electron chi connectivity index (χ2n) is 6.67. The number of halogens is 2. The van der Waals surface area contributed by atoms with Gasteiger partial charge in [0.1, 0.15) is 5.82 Å². The molecule has 0 spiro atoms. The Labute approximate surface area is 164 Å². The van der Waals surface area contributed by atoms with Crippen LogP contribution in [0.2, 0.25) is 0 Å². The molecule has 27 heavy (non-hydrogen) atoms. The van der Waals surface area contributed by atoms with Gasteiger partial charge in [-0.3, -0.25) is 4.79 Å². The molecule has 0 saturated carbocycles. The topological polar surface area (TPSA) is 58.4 Å². The van der Waals surface area contributed by atoms with Crippen LogP contribution in [0.1, 0.15) is 35.0 Å². The van der Waals surface area contributed by atoms with Crippen LogP contribution in [0.15, 0.2) is 24.4 Å². The lowest BCUT2D eigenvalue weighted by Crippen LogP contribution is -2.09. The SMILES string of the molecule is CC(=O)Nc1cc(NCc2c(C)cc(F)cc2C)c2nc(C)c(C)n2c1.Cl. The number of hydrogen-bond donors (Lipinski definition) is 2. The van der Waals surface area contributed by atoms with Crippen molar-refractivity contribution in [3.63, 3.8) is 0 Å². The Bertz CT molecular complexity index is 990. The number of carbonyl (C=O) groups is 1.